The summed E-state index contributed by atoms with van der Waals surface area (Å²) in [5, 5.41) is 3.36. The highest BCUT2D eigenvalue weighted by Gasteiger charge is 2.19. The molecule has 3 nitrogen and oxygen atoms in total. The molecule has 1 unspecified atom stereocenters. The minimum absolute atomic E-state index is 0.240. The number of piperidine rings is 1. The topological polar surface area (TPSA) is 32.3 Å². The normalized spacial score (nSPS) is 19.2. The molecule has 0 saturated carbocycles. The van der Waals surface area contributed by atoms with Gasteiger partial charge in [0, 0.05) is 24.5 Å². The van der Waals surface area contributed by atoms with E-state index < -0.39 is 0 Å². The van der Waals surface area contributed by atoms with E-state index in [0.717, 1.165) is 23.1 Å². The molecule has 1 aliphatic heterocycles. The Bertz CT molecular complexity index is 430. The molecule has 1 aliphatic rings. The first-order chi connectivity index (χ1) is 9.16. The van der Waals surface area contributed by atoms with Crippen LogP contribution in [0.5, 0.6) is 0 Å². The highest BCUT2D eigenvalue weighted by Crippen LogP contribution is 2.19. The van der Waals surface area contributed by atoms with Crippen molar-refractivity contribution in [3.8, 4) is 0 Å². The monoisotopic (exact) mass is 324 g/mol. The fraction of sp³-hybridized carbons (Fsp3) is 0.533. The number of amides is 1. The van der Waals surface area contributed by atoms with Gasteiger partial charge >= 0.3 is 0 Å². The van der Waals surface area contributed by atoms with Crippen LogP contribution in [0.1, 0.15) is 24.8 Å². The van der Waals surface area contributed by atoms with Gasteiger partial charge in [0.25, 0.3) is 0 Å². The molecule has 1 fully saturated rings. The summed E-state index contributed by atoms with van der Waals surface area (Å²) in [6.45, 7) is 2.74. The lowest BCUT2D eigenvalue weighted by Gasteiger charge is -2.25. The molecule has 0 radical (unpaired) electrons. The fourth-order valence-electron chi connectivity index (χ4n) is 2.47. The van der Waals surface area contributed by atoms with Gasteiger partial charge in [0.15, 0.2) is 0 Å². The van der Waals surface area contributed by atoms with Crippen LogP contribution >= 0.6 is 15.9 Å². The van der Waals surface area contributed by atoms with Crippen LogP contribution in [0.25, 0.3) is 0 Å². The second-order valence-corrected chi connectivity index (χ2v) is 6.11. The summed E-state index contributed by atoms with van der Waals surface area (Å²) in [5.41, 5.74) is 1.15. The van der Waals surface area contributed by atoms with Gasteiger partial charge in [0.1, 0.15) is 0 Å². The molecule has 1 amide bonds. The Morgan fingerprint density at radius 3 is 2.95 bits per heavy atom. The average Bonchev–Trinajstić information content (AvgIpc) is 2.42. The third-order valence-electron chi connectivity index (χ3n) is 3.65. The van der Waals surface area contributed by atoms with Crippen molar-refractivity contribution in [1.29, 1.82) is 0 Å². The predicted molar refractivity (Wildman–Crippen MR) is 80.8 cm³/mol. The molecule has 1 aromatic carbocycles. The number of benzene rings is 1. The van der Waals surface area contributed by atoms with Gasteiger partial charge in [-0.15, -0.1) is 0 Å². The molecule has 1 heterocycles. The van der Waals surface area contributed by atoms with Crippen molar-refractivity contribution < 1.29 is 4.79 Å². The molecule has 104 valence electrons. The number of nitrogens with zero attached hydrogens (tertiary/aromatic N) is 1. The number of hydrogen-bond donors (Lipinski definition) is 1. The first-order valence-corrected chi connectivity index (χ1v) is 7.64. The van der Waals surface area contributed by atoms with Crippen LogP contribution in [0.3, 0.4) is 0 Å². The molecule has 1 saturated heterocycles. The third kappa shape index (κ3) is 4.32. The Balaban J connectivity index is 1.87. The van der Waals surface area contributed by atoms with Crippen LogP contribution in [0.15, 0.2) is 28.7 Å². The number of halogens is 1. The lowest BCUT2D eigenvalue weighted by atomic mass is 9.95. The van der Waals surface area contributed by atoms with Crippen molar-refractivity contribution in [2.75, 3.05) is 20.1 Å². The van der Waals surface area contributed by atoms with Gasteiger partial charge in [0.2, 0.25) is 5.91 Å². The van der Waals surface area contributed by atoms with E-state index in [1.165, 1.54) is 12.8 Å². The zero-order valence-electron chi connectivity index (χ0n) is 11.4. The number of nitrogens with one attached hydrogen (secondary N) is 1. The predicted octanol–water partition coefficient (Wildman–Crippen LogP) is 2.80. The first-order valence-electron chi connectivity index (χ1n) is 6.85. The molecular weight excluding hydrogens is 304 g/mol. The molecule has 1 N–H and O–H groups in total. The Labute approximate surface area is 123 Å². The van der Waals surface area contributed by atoms with E-state index in [1.807, 2.05) is 30.1 Å². The Kier molecular flexibility index (Phi) is 5.40. The van der Waals surface area contributed by atoms with Crippen LogP contribution < -0.4 is 5.32 Å². The van der Waals surface area contributed by atoms with Crippen molar-refractivity contribution in [2.45, 2.75) is 25.8 Å². The highest BCUT2D eigenvalue weighted by atomic mass is 79.9. The SMILES string of the molecule is CN(Cc1ccccc1Br)C(=O)CC1CCCNC1. The zero-order chi connectivity index (χ0) is 13.7. The lowest BCUT2D eigenvalue weighted by molar-refractivity contribution is -0.131. The van der Waals surface area contributed by atoms with E-state index in [0.29, 0.717) is 18.9 Å². The maximum absolute atomic E-state index is 12.2. The maximum Gasteiger partial charge on any atom is 0.222 e. The Hall–Kier alpha value is -0.870. The minimum Gasteiger partial charge on any atom is -0.341 e. The smallest absolute Gasteiger partial charge is 0.222 e. The molecule has 4 heteroatoms. The molecule has 0 bridgehead atoms. The van der Waals surface area contributed by atoms with Crippen LogP contribution in [0.4, 0.5) is 0 Å². The highest BCUT2D eigenvalue weighted by molar-refractivity contribution is 9.10. The Morgan fingerprint density at radius 2 is 2.26 bits per heavy atom. The van der Waals surface area contributed by atoms with Crippen LogP contribution in [0.2, 0.25) is 0 Å². The van der Waals surface area contributed by atoms with Gasteiger partial charge in [-0.2, -0.15) is 0 Å². The van der Waals surface area contributed by atoms with Gasteiger partial charge in [-0.05, 0) is 43.5 Å². The summed E-state index contributed by atoms with van der Waals surface area (Å²) in [5.74, 6) is 0.743. The number of carbonyl (C=O) groups is 1. The van der Waals surface area contributed by atoms with Crippen molar-refractivity contribution in [1.82, 2.24) is 10.2 Å². The summed E-state index contributed by atoms with van der Waals surface area (Å²) in [6.07, 6.45) is 3.02. The summed E-state index contributed by atoms with van der Waals surface area (Å²) < 4.78 is 1.06. The molecule has 1 atom stereocenters. The van der Waals surface area contributed by atoms with Gasteiger partial charge in [-0.25, -0.2) is 0 Å². The van der Waals surface area contributed by atoms with E-state index in [9.17, 15) is 4.79 Å². The van der Waals surface area contributed by atoms with Crippen molar-refractivity contribution >= 4 is 21.8 Å². The van der Waals surface area contributed by atoms with Gasteiger partial charge in [0.05, 0.1) is 0 Å². The van der Waals surface area contributed by atoms with E-state index >= 15 is 0 Å². The standard InChI is InChI=1S/C15H21BrN2O/c1-18(11-13-6-2-3-7-14(13)16)15(19)9-12-5-4-8-17-10-12/h2-3,6-7,12,17H,4-5,8-11H2,1H3. The Morgan fingerprint density at radius 1 is 1.47 bits per heavy atom. The number of hydrogen-bond acceptors (Lipinski definition) is 2. The summed E-state index contributed by atoms with van der Waals surface area (Å²) in [4.78, 5) is 14.0. The van der Waals surface area contributed by atoms with Crippen molar-refractivity contribution in [2.24, 2.45) is 5.92 Å². The quantitative estimate of drug-likeness (QED) is 0.923. The van der Waals surface area contributed by atoms with Crippen LogP contribution in [-0.4, -0.2) is 30.9 Å². The number of carbonyl (C=O) groups excluding carboxylic acids is 1. The molecular formula is C15H21BrN2O. The van der Waals surface area contributed by atoms with E-state index in [2.05, 4.69) is 27.3 Å². The van der Waals surface area contributed by atoms with Crippen LogP contribution in [0, 0.1) is 5.92 Å². The summed E-state index contributed by atoms with van der Waals surface area (Å²) >= 11 is 3.52. The first kappa shape index (κ1) is 14.5. The average molecular weight is 325 g/mol. The molecule has 0 aliphatic carbocycles. The maximum atomic E-state index is 12.2. The summed E-state index contributed by atoms with van der Waals surface area (Å²) in [6, 6.07) is 8.06. The molecule has 0 aromatic heterocycles. The molecule has 0 spiro atoms. The van der Waals surface area contributed by atoms with E-state index in [-0.39, 0.29) is 5.91 Å². The molecule has 19 heavy (non-hydrogen) atoms. The molecule has 1 aromatic rings. The van der Waals surface area contributed by atoms with E-state index in [1.54, 1.807) is 0 Å². The van der Waals surface area contributed by atoms with Crippen LogP contribution in [-0.2, 0) is 11.3 Å². The largest absolute Gasteiger partial charge is 0.341 e. The van der Waals surface area contributed by atoms with Gasteiger partial charge in [-0.3, -0.25) is 4.79 Å². The second-order valence-electron chi connectivity index (χ2n) is 5.26. The van der Waals surface area contributed by atoms with E-state index in [4.69, 9.17) is 0 Å². The third-order valence-corrected chi connectivity index (χ3v) is 4.43. The molecule has 2 rings (SSSR count). The van der Waals surface area contributed by atoms with Crippen molar-refractivity contribution in [3.63, 3.8) is 0 Å². The van der Waals surface area contributed by atoms with Gasteiger partial charge in [-0.1, -0.05) is 34.1 Å². The minimum atomic E-state index is 0.240. The number of rotatable bonds is 4. The summed E-state index contributed by atoms with van der Waals surface area (Å²) in [7, 11) is 1.89. The second kappa shape index (κ2) is 7.06. The lowest BCUT2D eigenvalue weighted by Crippen LogP contribution is -2.34. The van der Waals surface area contributed by atoms with Crippen molar-refractivity contribution in [3.05, 3.63) is 34.3 Å². The fourth-order valence-corrected chi connectivity index (χ4v) is 2.88. The zero-order valence-corrected chi connectivity index (χ0v) is 12.9. The van der Waals surface area contributed by atoms with Gasteiger partial charge < -0.3 is 10.2 Å².